The third-order valence-electron chi connectivity index (χ3n) is 2.32. The predicted octanol–water partition coefficient (Wildman–Crippen LogP) is 2.08. The third kappa shape index (κ3) is 2.13. The molecule has 3 nitrogen and oxygen atoms in total. The van der Waals surface area contributed by atoms with Gasteiger partial charge in [0.2, 0.25) is 0 Å². The molecule has 0 bridgehead atoms. The average molecular weight is 221 g/mol. The van der Waals surface area contributed by atoms with Crippen molar-refractivity contribution in [2.75, 3.05) is 6.61 Å². The Morgan fingerprint density at radius 2 is 1.88 bits per heavy atom. The maximum absolute atomic E-state index is 12.7. The van der Waals surface area contributed by atoms with Gasteiger partial charge in [0.1, 0.15) is 17.3 Å². The highest BCUT2D eigenvalue weighted by Gasteiger charge is 2.10. The Balaban J connectivity index is 2.28. The molecule has 0 radical (unpaired) electrons. The Bertz CT molecular complexity index is 464. The summed E-state index contributed by atoms with van der Waals surface area (Å²) in [5.74, 6) is 0.836. The lowest BCUT2D eigenvalue weighted by Gasteiger charge is -2.03. The van der Waals surface area contributed by atoms with Crippen LogP contribution < -0.4 is 5.73 Å². The molecular formula is C12H12FNO2. The van der Waals surface area contributed by atoms with Crippen LogP contribution in [-0.4, -0.2) is 11.7 Å². The highest BCUT2D eigenvalue weighted by atomic mass is 19.1. The zero-order valence-corrected chi connectivity index (χ0v) is 8.56. The largest absolute Gasteiger partial charge is 0.459 e. The molecule has 0 amide bonds. The molecule has 0 aliphatic heterocycles. The molecule has 0 fully saturated rings. The van der Waals surface area contributed by atoms with Crippen molar-refractivity contribution in [1.82, 2.24) is 0 Å². The first kappa shape index (κ1) is 10.9. The van der Waals surface area contributed by atoms with Crippen LogP contribution >= 0.6 is 0 Å². The molecule has 2 aromatic rings. The van der Waals surface area contributed by atoms with Gasteiger partial charge in [0, 0.05) is 5.56 Å². The van der Waals surface area contributed by atoms with E-state index in [4.69, 9.17) is 15.3 Å². The van der Waals surface area contributed by atoms with Crippen molar-refractivity contribution in [3.63, 3.8) is 0 Å². The summed E-state index contributed by atoms with van der Waals surface area (Å²) in [7, 11) is 0. The first-order valence-electron chi connectivity index (χ1n) is 4.93. The highest BCUT2D eigenvalue weighted by molar-refractivity contribution is 5.57. The number of rotatable bonds is 3. The first-order valence-corrected chi connectivity index (χ1v) is 4.93. The topological polar surface area (TPSA) is 59.4 Å². The Labute approximate surface area is 92.3 Å². The van der Waals surface area contributed by atoms with E-state index in [-0.39, 0.29) is 12.4 Å². The van der Waals surface area contributed by atoms with Crippen molar-refractivity contribution in [1.29, 1.82) is 0 Å². The molecule has 0 aliphatic rings. The van der Waals surface area contributed by atoms with Gasteiger partial charge in [-0.05, 0) is 36.4 Å². The second kappa shape index (κ2) is 4.47. The quantitative estimate of drug-likeness (QED) is 0.834. The van der Waals surface area contributed by atoms with Crippen LogP contribution in [0, 0.1) is 5.82 Å². The van der Waals surface area contributed by atoms with Gasteiger partial charge in [0.25, 0.3) is 0 Å². The number of halogens is 1. The molecule has 1 atom stereocenters. The molecule has 0 unspecified atom stereocenters. The summed E-state index contributed by atoms with van der Waals surface area (Å²) in [5, 5.41) is 8.87. The van der Waals surface area contributed by atoms with Crippen molar-refractivity contribution in [3.8, 4) is 11.3 Å². The molecule has 4 heteroatoms. The number of benzene rings is 1. The SMILES string of the molecule is N[C@H](CO)c1ccc(-c2ccc(F)cc2)o1. The minimum atomic E-state index is -0.519. The molecule has 84 valence electrons. The van der Waals surface area contributed by atoms with Gasteiger partial charge in [-0.3, -0.25) is 0 Å². The van der Waals surface area contributed by atoms with Gasteiger partial charge in [-0.1, -0.05) is 0 Å². The van der Waals surface area contributed by atoms with Crippen LogP contribution in [0.1, 0.15) is 11.8 Å². The number of furan rings is 1. The fourth-order valence-electron chi connectivity index (χ4n) is 1.41. The van der Waals surface area contributed by atoms with Gasteiger partial charge in [0.15, 0.2) is 0 Å². The summed E-state index contributed by atoms with van der Waals surface area (Å²) < 4.78 is 18.2. The zero-order chi connectivity index (χ0) is 11.5. The number of aliphatic hydroxyl groups excluding tert-OH is 1. The number of hydrogen-bond donors (Lipinski definition) is 2. The van der Waals surface area contributed by atoms with E-state index in [0.29, 0.717) is 11.5 Å². The predicted molar refractivity (Wildman–Crippen MR) is 58.1 cm³/mol. The molecule has 3 N–H and O–H groups in total. The van der Waals surface area contributed by atoms with E-state index < -0.39 is 6.04 Å². The maximum Gasteiger partial charge on any atom is 0.134 e. The van der Waals surface area contributed by atoms with Crippen LogP contribution in [0.15, 0.2) is 40.8 Å². The molecule has 1 aromatic carbocycles. The van der Waals surface area contributed by atoms with Gasteiger partial charge in [0.05, 0.1) is 12.6 Å². The van der Waals surface area contributed by atoms with Gasteiger partial charge in [-0.25, -0.2) is 4.39 Å². The van der Waals surface area contributed by atoms with Crippen LogP contribution in [0.2, 0.25) is 0 Å². The van der Waals surface area contributed by atoms with E-state index in [1.54, 1.807) is 24.3 Å². The Hall–Kier alpha value is -1.65. The lowest BCUT2D eigenvalue weighted by molar-refractivity contribution is 0.252. The van der Waals surface area contributed by atoms with Crippen molar-refractivity contribution in [2.24, 2.45) is 5.73 Å². The Morgan fingerprint density at radius 1 is 1.19 bits per heavy atom. The van der Waals surface area contributed by atoms with E-state index in [2.05, 4.69) is 0 Å². The summed E-state index contributed by atoms with van der Waals surface area (Å²) in [5.41, 5.74) is 6.38. The van der Waals surface area contributed by atoms with Crippen molar-refractivity contribution in [3.05, 3.63) is 48.0 Å². The minimum absolute atomic E-state index is 0.170. The van der Waals surface area contributed by atoms with E-state index in [9.17, 15) is 4.39 Å². The molecule has 1 heterocycles. The lowest BCUT2D eigenvalue weighted by Crippen LogP contribution is -2.13. The molecule has 0 aliphatic carbocycles. The summed E-state index contributed by atoms with van der Waals surface area (Å²) in [6.45, 7) is -0.170. The minimum Gasteiger partial charge on any atom is -0.459 e. The van der Waals surface area contributed by atoms with Crippen molar-refractivity contribution >= 4 is 0 Å². The highest BCUT2D eigenvalue weighted by Crippen LogP contribution is 2.24. The molecule has 0 saturated heterocycles. The van der Waals surface area contributed by atoms with Crippen LogP contribution in [0.5, 0.6) is 0 Å². The second-order valence-electron chi connectivity index (χ2n) is 3.50. The van der Waals surface area contributed by atoms with Crippen molar-refractivity contribution in [2.45, 2.75) is 6.04 Å². The van der Waals surface area contributed by atoms with Gasteiger partial charge in [-0.2, -0.15) is 0 Å². The van der Waals surface area contributed by atoms with Gasteiger partial charge >= 0.3 is 0 Å². The van der Waals surface area contributed by atoms with E-state index in [1.807, 2.05) is 0 Å². The fraction of sp³-hybridized carbons (Fsp3) is 0.167. The average Bonchev–Trinajstić information content (AvgIpc) is 2.78. The van der Waals surface area contributed by atoms with E-state index in [0.717, 1.165) is 5.56 Å². The zero-order valence-electron chi connectivity index (χ0n) is 8.56. The molecular weight excluding hydrogens is 209 g/mol. The number of hydrogen-bond acceptors (Lipinski definition) is 3. The number of aliphatic hydroxyl groups is 1. The third-order valence-corrected chi connectivity index (χ3v) is 2.32. The maximum atomic E-state index is 12.7. The lowest BCUT2D eigenvalue weighted by atomic mass is 10.2. The van der Waals surface area contributed by atoms with Crippen LogP contribution in [0.3, 0.4) is 0 Å². The molecule has 0 saturated carbocycles. The molecule has 2 rings (SSSR count). The van der Waals surface area contributed by atoms with Crippen LogP contribution in [0.25, 0.3) is 11.3 Å². The number of nitrogens with two attached hydrogens (primary N) is 1. The normalized spacial score (nSPS) is 12.7. The summed E-state index contributed by atoms with van der Waals surface area (Å²) in [6, 6.07) is 8.92. The summed E-state index contributed by atoms with van der Waals surface area (Å²) in [4.78, 5) is 0. The van der Waals surface area contributed by atoms with Crippen LogP contribution in [0.4, 0.5) is 4.39 Å². The Kier molecular flexibility index (Phi) is 3.03. The van der Waals surface area contributed by atoms with Gasteiger partial charge < -0.3 is 15.3 Å². The van der Waals surface area contributed by atoms with Crippen molar-refractivity contribution < 1.29 is 13.9 Å². The summed E-state index contributed by atoms with van der Waals surface area (Å²) in [6.07, 6.45) is 0. The molecule has 0 spiro atoms. The second-order valence-corrected chi connectivity index (χ2v) is 3.50. The van der Waals surface area contributed by atoms with E-state index >= 15 is 0 Å². The summed E-state index contributed by atoms with van der Waals surface area (Å²) >= 11 is 0. The van der Waals surface area contributed by atoms with E-state index in [1.165, 1.54) is 12.1 Å². The molecule has 16 heavy (non-hydrogen) atoms. The standard InChI is InChI=1S/C12H12FNO2/c13-9-3-1-8(2-4-9)11-5-6-12(16-11)10(14)7-15/h1-6,10,15H,7,14H2/t10-/m1/s1. The molecule has 1 aromatic heterocycles. The monoisotopic (exact) mass is 221 g/mol. The van der Waals surface area contributed by atoms with Gasteiger partial charge in [-0.15, -0.1) is 0 Å². The first-order chi connectivity index (χ1) is 7.70. The smallest absolute Gasteiger partial charge is 0.134 e. The van der Waals surface area contributed by atoms with Crippen LogP contribution in [-0.2, 0) is 0 Å². The Morgan fingerprint density at radius 3 is 2.50 bits per heavy atom. The fourth-order valence-corrected chi connectivity index (χ4v) is 1.41.